The van der Waals surface area contributed by atoms with Crippen molar-refractivity contribution in [1.29, 1.82) is 0 Å². The van der Waals surface area contributed by atoms with E-state index in [4.69, 9.17) is 4.74 Å². The lowest BCUT2D eigenvalue weighted by Crippen LogP contribution is -2.29. The molecular formula is C25H21N3O3. The molecule has 6 nitrogen and oxygen atoms in total. The smallest absolute Gasteiger partial charge is 0.267 e. The summed E-state index contributed by atoms with van der Waals surface area (Å²) in [7, 11) is 1.59. The van der Waals surface area contributed by atoms with Crippen LogP contribution in [0, 0.1) is 0 Å². The predicted octanol–water partition coefficient (Wildman–Crippen LogP) is 4.22. The van der Waals surface area contributed by atoms with Crippen LogP contribution in [0.1, 0.15) is 0 Å². The Labute approximate surface area is 179 Å². The minimum atomic E-state index is -0.349. The van der Waals surface area contributed by atoms with Gasteiger partial charge in [0.15, 0.2) is 0 Å². The Hall–Kier alpha value is -4.19. The molecule has 0 radical (unpaired) electrons. The molecule has 0 aliphatic heterocycles. The summed E-state index contributed by atoms with van der Waals surface area (Å²) < 4.78 is 6.41. The van der Waals surface area contributed by atoms with E-state index >= 15 is 0 Å². The minimum absolute atomic E-state index is 0.195. The predicted molar refractivity (Wildman–Crippen MR) is 121 cm³/mol. The quantitative estimate of drug-likeness (QED) is 0.515. The average Bonchev–Trinajstić information content (AvgIpc) is 2.81. The molecule has 0 atom stereocenters. The summed E-state index contributed by atoms with van der Waals surface area (Å²) in [6, 6.07) is 27.8. The molecule has 0 aliphatic carbocycles. The fourth-order valence-electron chi connectivity index (χ4n) is 3.29. The number of carbonyl (C=O) groups excluding carboxylic acids is 1. The SMILES string of the molecule is COc1cccc(-c2ccc(=O)n(CC(=O)Nc3ccccc3-c3ccccc3)n2)c1. The number of aromatic nitrogens is 2. The van der Waals surface area contributed by atoms with Crippen LogP contribution in [0.15, 0.2) is 95.8 Å². The first-order valence-electron chi connectivity index (χ1n) is 9.81. The largest absolute Gasteiger partial charge is 0.497 e. The second-order valence-electron chi connectivity index (χ2n) is 6.91. The van der Waals surface area contributed by atoms with Crippen molar-refractivity contribution in [2.75, 3.05) is 12.4 Å². The molecule has 4 rings (SSSR count). The molecule has 0 unspecified atom stereocenters. The lowest BCUT2D eigenvalue weighted by Gasteiger charge is -2.12. The zero-order valence-corrected chi connectivity index (χ0v) is 17.0. The van der Waals surface area contributed by atoms with Crippen LogP contribution >= 0.6 is 0 Å². The van der Waals surface area contributed by atoms with Crippen LogP contribution in [-0.4, -0.2) is 22.8 Å². The molecule has 0 fully saturated rings. The van der Waals surface area contributed by atoms with E-state index in [1.807, 2.05) is 78.9 Å². The minimum Gasteiger partial charge on any atom is -0.497 e. The number of nitrogens with zero attached hydrogens (tertiary/aromatic N) is 2. The second-order valence-corrected chi connectivity index (χ2v) is 6.91. The number of rotatable bonds is 6. The lowest BCUT2D eigenvalue weighted by atomic mass is 10.0. The molecule has 0 saturated carbocycles. The Balaban J connectivity index is 1.57. The van der Waals surface area contributed by atoms with Gasteiger partial charge in [-0.3, -0.25) is 9.59 Å². The summed E-state index contributed by atoms with van der Waals surface area (Å²) in [4.78, 5) is 25.0. The number of hydrogen-bond acceptors (Lipinski definition) is 4. The molecule has 1 heterocycles. The van der Waals surface area contributed by atoms with E-state index in [-0.39, 0.29) is 18.0 Å². The topological polar surface area (TPSA) is 73.2 Å². The lowest BCUT2D eigenvalue weighted by molar-refractivity contribution is -0.117. The molecule has 3 aromatic carbocycles. The summed E-state index contributed by atoms with van der Waals surface area (Å²) in [6.45, 7) is -0.195. The molecule has 4 aromatic rings. The molecule has 0 aliphatic rings. The van der Waals surface area contributed by atoms with Crippen LogP contribution in [0.3, 0.4) is 0 Å². The summed E-state index contributed by atoms with van der Waals surface area (Å²) >= 11 is 0. The number of amides is 1. The van der Waals surface area contributed by atoms with Gasteiger partial charge < -0.3 is 10.1 Å². The molecular weight excluding hydrogens is 390 g/mol. The van der Waals surface area contributed by atoms with Gasteiger partial charge in [0.05, 0.1) is 12.8 Å². The van der Waals surface area contributed by atoms with Crippen LogP contribution in [0.4, 0.5) is 5.69 Å². The number of ether oxygens (including phenoxy) is 1. The van der Waals surface area contributed by atoms with E-state index in [2.05, 4.69) is 10.4 Å². The van der Waals surface area contributed by atoms with E-state index in [9.17, 15) is 9.59 Å². The van der Waals surface area contributed by atoms with Gasteiger partial charge in [0.25, 0.3) is 5.56 Å². The summed E-state index contributed by atoms with van der Waals surface area (Å²) in [6.07, 6.45) is 0. The van der Waals surface area contributed by atoms with Gasteiger partial charge in [-0.1, -0.05) is 60.7 Å². The van der Waals surface area contributed by atoms with Gasteiger partial charge in [-0.05, 0) is 29.8 Å². The van der Waals surface area contributed by atoms with Gasteiger partial charge in [-0.25, -0.2) is 4.68 Å². The maximum absolute atomic E-state index is 12.7. The van der Waals surface area contributed by atoms with Crippen molar-refractivity contribution in [3.05, 3.63) is 101 Å². The van der Waals surface area contributed by atoms with Crippen LogP contribution in [-0.2, 0) is 11.3 Å². The number of para-hydroxylation sites is 1. The first kappa shape index (κ1) is 20.1. The Morgan fingerprint density at radius 2 is 1.65 bits per heavy atom. The van der Waals surface area contributed by atoms with Gasteiger partial charge in [-0.15, -0.1) is 0 Å². The first-order valence-corrected chi connectivity index (χ1v) is 9.81. The van der Waals surface area contributed by atoms with Gasteiger partial charge in [-0.2, -0.15) is 5.10 Å². The van der Waals surface area contributed by atoms with Gasteiger partial charge in [0.2, 0.25) is 5.91 Å². The van der Waals surface area contributed by atoms with E-state index in [0.717, 1.165) is 21.4 Å². The number of carbonyl (C=O) groups is 1. The van der Waals surface area contributed by atoms with E-state index < -0.39 is 0 Å². The third kappa shape index (κ3) is 4.70. The molecule has 31 heavy (non-hydrogen) atoms. The first-order chi connectivity index (χ1) is 15.1. The Morgan fingerprint density at radius 3 is 2.45 bits per heavy atom. The third-order valence-corrected chi connectivity index (χ3v) is 4.81. The summed E-state index contributed by atoms with van der Waals surface area (Å²) in [5, 5.41) is 7.27. The van der Waals surface area contributed by atoms with Crippen LogP contribution in [0.5, 0.6) is 5.75 Å². The standard InChI is InChI=1S/C25H21N3O3/c1-31-20-11-7-10-19(16-20)22-14-15-25(30)28(27-22)17-24(29)26-23-13-6-5-12-21(23)18-8-3-2-4-9-18/h2-16H,17H2,1H3,(H,26,29). The van der Waals surface area contributed by atoms with Crippen molar-refractivity contribution < 1.29 is 9.53 Å². The third-order valence-electron chi connectivity index (χ3n) is 4.81. The Kier molecular flexibility index (Phi) is 5.89. The zero-order chi connectivity index (χ0) is 21.6. The van der Waals surface area contributed by atoms with Crippen molar-refractivity contribution in [1.82, 2.24) is 9.78 Å². The molecule has 1 amide bonds. The molecule has 154 valence electrons. The number of anilines is 1. The molecule has 0 bridgehead atoms. The Morgan fingerprint density at radius 1 is 0.903 bits per heavy atom. The Bertz CT molecular complexity index is 1270. The molecule has 6 heteroatoms. The van der Waals surface area contributed by atoms with Gasteiger partial charge in [0, 0.05) is 22.9 Å². The van der Waals surface area contributed by atoms with Crippen molar-refractivity contribution in [3.63, 3.8) is 0 Å². The van der Waals surface area contributed by atoms with E-state index in [1.54, 1.807) is 13.2 Å². The number of hydrogen-bond donors (Lipinski definition) is 1. The second kappa shape index (κ2) is 9.09. The average molecular weight is 411 g/mol. The summed E-state index contributed by atoms with van der Waals surface area (Å²) in [5.41, 5.74) is 3.60. The van der Waals surface area contributed by atoms with E-state index in [0.29, 0.717) is 17.1 Å². The van der Waals surface area contributed by atoms with Crippen molar-refractivity contribution >= 4 is 11.6 Å². The fourth-order valence-corrected chi connectivity index (χ4v) is 3.29. The molecule has 1 aromatic heterocycles. The molecule has 0 saturated heterocycles. The van der Waals surface area contributed by atoms with E-state index in [1.165, 1.54) is 6.07 Å². The highest BCUT2D eigenvalue weighted by atomic mass is 16.5. The maximum Gasteiger partial charge on any atom is 0.267 e. The summed E-state index contributed by atoms with van der Waals surface area (Å²) in [5.74, 6) is 0.355. The molecule has 0 spiro atoms. The fraction of sp³-hybridized carbons (Fsp3) is 0.0800. The van der Waals surface area contributed by atoms with Crippen LogP contribution in [0.2, 0.25) is 0 Å². The number of nitrogens with one attached hydrogen (secondary N) is 1. The van der Waals surface area contributed by atoms with Crippen molar-refractivity contribution in [2.45, 2.75) is 6.54 Å². The van der Waals surface area contributed by atoms with Crippen LogP contribution in [0.25, 0.3) is 22.4 Å². The van der Waals surface area contributed by atoms with Crippen molar-refractivity contribution in [2.24, 2.45) is 0 Å². The number of methoxy groups -OCH3 is 1. The number of benzene rings is 3. The highest BCUT2D eigenvalue weighted by Gasteiger charge is 2.11. The van der Waals surface area contributed by atoms with Crippen molar-refractivity contribution in [3.8, 4) is 28.1 Å². The normalized spacial score (nSPS) is 10.5. The zero-order valence-electron chi connectivity index (χ0n) is 17.0. The monoisotopic (exact) mass is 411 g/mol. The van der Waals surface area contributed by atoms with Gasteiger partial charge in [0.1, 0.15) is 12.3 Å². The highest BCUT2D eigenvalue weighted by Crippen LogP contribution is 2.27. The van der Waals surface area contributed by atoms with Gasteiger partial charge >= 0.3 is 0 Å². The highest BCUT2D eigenvalue weighted by molar-refractivity contribution is 5.95. The maximum atomic E-state index is 12.7. The molecule has 1 N–H and O–H groups in total. The van der Waals surface area contributed by atoms with Crippen LogP contribution < -0.4 is 15.6 Å².